The van der Waals surface area contributed by atoms with Gasteiger partial charge in [-0.2, -0.15) is 0 Å². The van der Waals surface area contributed by atoms with Crippen LogP contribution in [0.15, 0.2) is 0 Å². The first kappa shape index (κ1) is 14.1. The lowest BCUT2D eigenvalue weighted by Gasteiger charge is -2.01. The van der Waals surface area contributed by atoms with Crippen LogP contribution in [0.1, 0.15) is 58.8 Å². The number of hydrogen-bond donors (Lipinski definition) is 0. The summed E-state index contributed by atoms with van der Waals surface area (Å²) in [5.74, 6) is -1.06. The second-order valence-electron chi connectivity index (χ2n) is 3.66. The summed E-state index contributed by atoms with van der Waals surface area (Å²) in [6.07, 6.45) is 7.04. The summed E-state index contributed by atoms with van der Waals surface area (Å²) >= 11 is 0. The van der Waals surface area contributed by atoms with Crippen molar-refractivity contribution in [1.82, 2.24) is 0 Å². The first-order valence-corrected chi connectivity index (χ1v) is 5.92. The number of ether oxygens (including phenoxy) is 1. The molecule has 0 aliphatic rings. The normalized spacial score (nSPS) is 10.0. The maximum atomic E-state index is 11.1. The molecule has 0 fully saturated rings. The molecule has 0 amide bonds. The monoisotopic (exact) mass is 214 g/mol. The molecule has 0 radical (unpaired) electrons. The van der Waals surface area contributed by atoms with Crippen molar-refractivity contribution in [2.45, 2.75) is 58.8 Å². The molecule has 0 spiro atoms. The molecule has 88 valence electrons. The van der Waals surface area contributed by atoms with Crippen molar-refractivity contribution in [3.05, 3.63) is 0 Å². The Balaban J connectivity index is 3.35. The highest BCUT2D eigenvalue weighted by atomic mass is 16.5. The topological polar surface area (TPSA) is 43.4 Å². The van der Waals surface area contributed by atoms with Gasteiger partial charge in [-0.3, -0.25) is 4.79 Å². The Hall–Kier alpha value is -0.860. The van der Waals surface area contributed by atoms with Crippen LogP contribution in [-0.4, -0.2) is 18.4 Å². The molecule has 0 heterocycles. The van der Waals surface area contributed by atoms with Gasteiger partial charge >= 0.3 is 5.97 Å². The predicted octanol–water partition coefficient (Wildman–Crippen LogP) is 2.87. The van der Waals surface area contributed by atoms with Gasteiger partial charge in [-0.05, 0) is 13.3 Å². The molecule has 0 aromatic carbocycles. The highest BCUT2D eigenvalue weighted by molar-refractivity contribution is 6.33. The van der Waals surface area contributed by atoms with Crippen molar-refractivity contribution in [3.8, 4) is 0 Å². The van der Waals surface area contributed by atoms with E-state index in [2.05, 4.69) is 11.7 Å². The molecule has 0 bridgehead atoms. The number of rotatable bonds is 9. The quantitative estimate of drug-likeness (QED) is 0.337. The van der Waals surface area contributed by atoms with E-state index < -0.39 is 5.97 Å². The fraction of sp³-hybridized carbons (Fsp3) is 0.833. The standard InChI is InChI=1S/C12H22O3/c1-3-5-6-7-8-9-10-11(13)12(14)15-4-2/h3-10H2,1-2H3. The average molecular weight is 214 g/mol. The number of esters is 1. The number of unbranched alkanes of at least 4 members (excludes halogenated alkanes) is 5. The highest BCUT2D eigenvalue weighted by Gasteiger charge is 2.13. The molecule has 0 unspecified atom stereocenters. The molecule has 0 aromatic rings. The van der Waals surface area contributed by atoms with Crippen LogP contribution >= 0.6 is 0 Å². The largest absolute Gasteiger partial charge is 0.460 e. The smallest absolute Gasteiger partial charge is 0.374 e. The van der Waals surface area contributed by atoms with Gasteiger partial charge in [0, 0.05) is 6.42 Å². The fourth-order valence-electron chi connectivity index (χ4n) is 1.38. The highest BCUT2D eigenvalue weighted by Crippen LogP contribution is 2.07. The van der Waals surface area contributed by atoms with Crippen LogP contribution in [0.5, 0.6) is 0 Å². The Kier molecular flexibility index (Phi) is 9.13. The minimum atomic E-state index is -0.675. The Morgan fingerprint density at radius 3 is 2.13 bits per heavy atom. The summed E-state index contributed by atoms with van der Waals surface area (Å²) in [5, 5.41) is 0. The second kappa shape index (κ2) is 9.69. The maximum absolute atomic E-state index is 11.1. The number of carbonyl (C=O) groups excluding carboxylic acids is 2. The Morgan fingerprint density at radius 1 is 0.933 bits per heavy atom. The van der Waals surface area contributed by atoms with Gasteiger partial charge in [0.1, 0.15) is 0 Å². The van der Waals surface area contributed by atoms with Crippen molar-refractivity contribution < 1.29 is 14.3 Å². The van der Waals surface area contributed by atoms with Crippen LogP contribution in [0, 0.1) is 0 Å². The van der Waals surface area contributed by atoms with E-state index in [1.165, 1.54) is 19.3 Å². The van der Waals surface area contributed by atoms with Gasteiger partial charge in [0.2, 0.25) is 5.78 Å². The van der Waals surface area contributed by atoms with Gasteiger partial charge < -0.3 is 4.74 Å². The van der Waals surface area contributed by atoms with E-state index in [0.717, 1.165) is 19.3 Å². The first-order valence-electron chi connectivity index (χ1n) is 5.92. The van der Waals surface area contributed by atoms with Gasteiger partial charge in [-0.25, -0.2) is 4.79 Å². The maximum Gasteiger partial charge on any atom is 0.374 e. The molecule has 0 aliphatic carbocycles. The third-order valence-corrected chi connectivity index (χ3v) is 2.26. The molecule has 0 saturated carbocycles. The van der Waals surface area contributed by atoms with E-state index in [-0.39, 0.29) is 12.4 Å². The fourth-order valence-corrected chi connectivity index (χ4v) is 1.38. The third kappa shape index (κ3) is 8.16. The van der Waals surface area contributed by atoms with E-state index >= 15 is 0 Å². The molecule has 0 saturated heterocycles. The number of hydrogen-bond acceptors (Lipinski definition) is 3. The average Bonchev–Trinajstić information content (AvgIpc) is 2.23. The Labute approximate surface area is 92.2 Å². The molecule has 0 N–H and O–H groups in total. The van der Waals surface area contributed by atoms with Crippen LogP contribution in [-0.2, 0) is 14.3 Å². The SMILES string of the molecule is CCCCCCCCC(=O)C(=O)OCC. The number of Topliss-reactive ketones (excluding diaryl/α,β-unsaturated/α-hetero) is 1. The van der Waals surface area contributed by atoms with Crippen molar-refractivity contribution in [2.75, 3.05) is 6.61 Å². The Bertz CT molecular complexity index is 187. The molecule has 0 atom stereocenters. The summed E-state index contributed by atoms with van der Waals surface area (Å²) in [7, 11) is 0. The van der Waals surface area contributed by atoms with Crippen LogP contribution in [0.2, 0.25) is 0 Å². The molecule has 3 nitrogen and oxygen atoms in total. The minimum Gasteiger partial charge on any atom is -0.460 e. The summed E-state index contributed by atoms with van der Waals surface area (Å²) in [5.41, 5.74) is 0. The molecule has 0 aromatic heterocycles. The van der Waals surface area contributed by atoms with Gasteiger partial charge in [0.15, 0.2) is 0 Å². The summed E-state index contributed by atoms with van der Waals surface area (Å²) < 4.78 is 4.61. The lowest BCUT2D eigenvalue weighted by molar-refractivity contribution is -0.153. The summed E-state index contributed by atoms with van der Waals surface area (Å²) in [6.45, 7) is 4.15. The van der Waals surface area contributed by atoms with Crippen LogP contribution in [0.4, 0.5) is 0 Å². The molecular formula is C12H22O3. The van der Waals surface area contributed by atoms with E-state index in [1.807, 2.05) is 0 Å². The first-order chi connectivity index (χ1) is 7.22. The van der Waals surface area contributed by atoms with Crippen molar-refractivity contribution in [3.63, 3.8) is 0 Å². The minimum absolute atomic E-state index is 0.279. The van der Waals surface area contributed by atoms with Gasteiger partial charge in [-0.1, -0.05) is 39.0 Å². The van der Waals surface area contributed by atoms with Gasteiger partial charge in [-0.15, -0.1) is 0 Å². The van der Waals surface area contributed by atoms with Crippen LogP contribution in [0.25, 0.3) is 0 Å². The summed E-state index contributed by atoms with van der Waals surface area (Å²) in [6, 6.07) is 0. The molecular weight excluding hydrogens is 192 g/mol. The van der Waals surface area contributed by atoms with E-state index in [4.69, 9.17) is 0 Å². The van der Waals surface area contributed by atoms with E-state index in [0.29, 0.717) is 6.42 Å². The molecule has 3 heteroatoms. The number of ketones is 1. The van der Waals surface area contributed by atoms with Crippen LogP contribution < -0.4 is 0 Å². The lowest BCUT2D eigenvalue weighted by atomic mass is 10.1. The molecule has 0 rings (SSSR count). The van der Waals surface area contributed by atoms with Crippen molar-refractivity contribution in [2.24, 2.45) is 0 Å². The zero-order valence-electron chi connectivity index (χ0n) is 9.88. The Morgan fingerprint density at radius 2 is 1.53 bits per heavy atom. The lowest BCUT2D eigenvalue weighted by Crippen LogP contribution is -2.16. The van der Waals surface area contributed by atoms with Gasteiger partial charge in [0.25, 0.3) is 0 Å². The zero-order chi connectivity index (χ0) is 11.5. The second-order valence-corrected chi connectivity index (χ2v) is 3.66. The molecule has 0 aliphatic heterocycles. The zero-order valence-corrected chi connectivity index (χ0v) is 9.88. The van der Waals surface area contributed by atoms with Crippen molar-refractivity contribution >= 4 is 11.8 Å². The van der Waals surface area contributed by atoms with E-state index in [9.17, 15) is 9.59 Å². The predicted molar refractivity (Wildman–Crippen MR) is 59.6 cm³/mol. The molecule has 15 heavy (non-hydrogen) atoms. The van der Waals surface area contributed by atoms with E-state index in [1.54, 1.807) is 6.92 Å². The van der Waals surface area contributed by atoms with Crippen molar-refractivity contribution in [1.29, 1.82) is 0 Å². The van der Waals surface area contributed by atoms with Gasteiger partial charge in [0.05, 0.1) is 6.61 Å². The number of carbonyl (C=O) groups is 2. The summed E-state index contributed by atoms with van der Waals surface area (Å²) in [4.78, 5) is 22.1. The third-order valence-electron chi connectivity index (χ3n) is 2.26. The van der Waals surface area contributed by atoms with Crippen LogP contribution in [0.3, 0.4) is 0 Å².